The van der Waals surface area contributed by atoms with Crippen molar-refractivity contribution in [1.29, 1.82) is 0 Å². The normalized spacial score (nSPS) is 12.1. The fraction of sp³-hybridized carbons (Fsp3) is 1.00. The van der Waals surface area contributed by atoms with Crippen LogP contribution in [-0.4, -0.2) is 78.5 Å². The van der Waals surface area contributed by atoms with Gasteiger partial charge in [-0.3, -0.25) is 9.11 Å². The average Bonchev–Trinajstić information content (AvgIpc) is 2.27. The first-order chi connectivity index (χ1) is 9.21. The van der Waals surface area contributed by atoms with E-state index in [0.717, 1.165) is 37.2 Å². The van der Waals surface area contributed by atoms with Crippen molar-refractivity contribution in [3.63, 3.8) is 0 Å². The Morgan fingerprint density at radius 1 is 0.619 bits per heavy atom. The molecule has 0 atom stereocenters. The topological polar surface area (TPSA) is 109 Å². The first kappa shape index (κ1) is 24.8. The molecule has 0 amide bonds. The van der Waals surface area contributed by atoms with Gasteiger partial charge >= 0.3 is 29.6 Å². The van der Waals surface area contributed by atoms with Gasteiger partial charge < -0.3 is 0 Å². The summed E-state index contributed by atoms with van der Waals surface area (Å²) < 4.78 is 58.8. The van der Waals surface area contributed by atoms with Gasteiger partial charge in [0.25, 0.3) is 20.2 Å². The van der Waals surface area contributed by atoms with Crippen LogP contribution < -0.4 is 0 Å². The zero-order chi connectivity index (χ0) is 15.5. The van der Waals surface area contributed by atoms with Crippen LogP contribution in [0, 0.1) is 0 Å². The Hall–Kier alpha value is 1.52. The van der Waals surface area contributed by atoms with E-state index in [4.69, 9.17) is 9.11 Å². The minimum absolute atomic E-state index is 0. The van der Waals surface area contributed by atoms with E-state index >= 15 is 0 Å². The molecule has 124 valence electrons. The van der Waals surface area contributed by atoms with Gasteiger partial charge in [0.15, 0.2) is 0 Å². The number of rotatable bonds is 13. The Kier molecular flexibility index (Phi) is 16.4. The Balaban J connectivity index is 0. The Labute approximate surface area is 157 Å². The molecule has 0 aromatic rings. The summed E-state index contributed by atoms with van der Waals surface area (Å²) >= 11 is 0. The van der Waals surface area contributed by atoms with Crippen LogP contribution in [0.5, 0.6) is 0 Å². The van der Waals surface area contributed by atoms with Crippen molar-refractivity contribution < 1.29 is 25.9 Å². The van der Waals surface area contributed by atoms with Crippen LogP contribution in [0.3, 0.4) is 0 Å². The Morgan fingerprint density at radius 3 is 1.24 bits per heavy atom. The van der Waals surface area contributed by atoms with Gasteiger partial charge in [0.1, 0.15) is 0 Å². The molecule has 21 heavy (non-hydrogen) atoms. The number of hydrogen-bond acceptors (Lipinski definition) is 6. The molecular weight excluding hydrogens is 367 g/mol. The fourth-order valence-electron chi connectivity index (χ4n) is 1.36. The van der Waals surface area contributed by atoms with Gasteiger partial charge in [0, 0.05) is 11.5 Å². The molecule has 0 aliphatic carbocycles. The second-order valence-corrected chi connectivity index (χ2v) is 10.2. The van der Waals surface area contributed by atoms with E-state index in [1.807, 2.05) is 0 Å². The van der Waals surface area contributed by atoms with E-state index in [9.17, 15) is 16.8 Å². The molecule has 0 bridgehead atoms. The summed E-state index contributed by atoms with van der Waals surface area (Å²) in [5, 5.41) is 0. The molecule has 0 rings (SSSR count). The van der Waals surface area contributed by atoms with Crippen LogP contribution in [0.4, 0.5) is 0 Å². The van der Waals surface area contributed by atoms with E-state index in [1.54, 1.807) is 21.6 Å². The van der Waals surface area contributed by atoms with Crippen molar-refractivity contribution in [2.24, 2.45) is 0 Å². The third kappa shape index (κ3) is 23.9. The van der Waals surface area contributed by atoms with Crippen LogP contribution in [0.15, 0.2) is 0 Å². The predicted molar refractivity (Wildman–Crippen MR) is 92.6 cm³/mol. The van der Waals surface area contributed by atoms with Crippen molar-refractivity contribution >= 4 is 71.4 Å². The molecule has 0 radical (unpaired) electrons. The summed E-state index contributed by atoms with van der Waals surface area (Å²) in [4.78, 5) is 0. The molecule has 0 unspecified atom stereocenters. The average molecular weight is 391 g/mol. The maximum absolute atomic E-state index is 10.4. The quantitative estimate of drug-likeness (QED) is 0.212. The van der Waals surface area contributed by atoms with Gasteiger partial charge in [-0.25, -0.2) is 0 Å². The molecule has 0 saturated heterocycles. The van der Waals surface area contributed by atoms with Gasteiger partial charge in [0.2, 0.25) is 0 Å². The van der Waals surface area contributed by atoms with Crippen molar-refractivity contribution in [1.82, 2.24) is 0 Å². The van der Waals surface area contributed by atoms with E-state index in [-0.39, 0.29) is 41.1 Å². The predicted octanol–water partition coefficient (Wildman–Crippen LogP) is 1.84. The second-order valence-electron chi connectivity index (χ2n) is 4.34. The summed E-state index contributed by atoms with van der Waals surface area (Å²) in [7, 11) is -4.21. The molecule has 0 aliphatic heterocycles. The third-order valence-electron chi connectivity index (χ3n) is 2.34. The zero-order valence-corrected chi connectivity index (χ0v) is 14.5. The van der Waals surface area contributed by atoms with Crippen molar-refractivity contribution in [2.45, 2.75) is 38.5 Å². The van der Waals surface area contributed by atoms with Gasteiger partial charge in [0.05, 0.1) is 11.5 Å². The standard InChI is InChI=1S/C10H22O6S4.Na.H/c11-19(12,13)9-5-1-3-7-17-18-8-4-2-6-10-20(14,15)16;;/h1-10H2,(H,11,12,13)(H,14,15,16);;. The van der Waals surface area contributed by atoms with Crippen LogP contribution in [0.25, 0.3) is 0 Å². The molecule has 6 nitrogen and oxygen atoms in total. The summed E-state index contributed by atoms with van der Waals surface area (Å²) in [5.74, 6) is 1.53. The molecule has 0 spiro atoms. The van der Waals surface area contributed by atoms with Gasteiger partial charge in [-0.2, -0.15) is 16.8 Å². The second kappa shape index (κ2) is 13.9. The summed E-state index contributed by atoms with van der Waals surface area (Å²) in [6.07, 6.45) is 4.36. The van der Waals surface area contributed by atoms with Crippen molar-refractivity contribution in [3.8, 4) is 0 Å². The SMILES string of the molecule is O=S(=O)(O)CCCCCSSCCCCCS(=O)(=O)O.[NaH]. The molecule has 0 saturated carbocycles. The first-order valence-electron chi connectivity index (χ1n) is 6.35. The molecular formula is C10H23NaO6S4. The third-order valence-corrected chi connectivity index (χ3v) is 6.53. The maximum atomic E-state index is 10.4. The summed E-state index contributed by atoms with van der Waals surface area (Å²) in [6, 6.07) is 0. The van der Waals surface area contributed by atoms with Crippen LogP contribution in [0.1, 0.15) is 38.5 Å². The van der Waals surface area contributed by atoms with Crippen LogP contribution in [0.2, 0.25) is 0 Å². The molecule has 11 heteroatoms. The molecule has 0 aromatic carbocycles. The summed E-state index contributed by atoms with van der Waals surface area (Å²) in [5.41, 5.74) is 0. The zero-order valence-electron chi connectivity index (χ0n) is 11.2. The molecule has 0 fully saturated rings. The monoisotopic (exact) mass is 390 g/mol. The Bertz CT molecular complexity index is 394. The minimum atomic E-state index is -3.82. The summed E-state index contributed by atoms with van der Waals surface area (Å²) in [6.45, 7) is 0. The van der Waals surface area contributed by atoms with Gasteiger partial charge in [-0.05, 0) is 25.7 Å². The van der Waals surface area contributed by atoms with Crippen LogP contribution >= 0.6 is 21.6 Å². The molecule has 0 aliphatic rings. The van der Waals surface area contributed by atoms with Gasteiger partial charge in [-0.1, -0.05) is 34.4 Å². The molecule has 0 heterocycles. The van der Waals surface area contributed by atoms with E-state index in [1.165, 1.54) is 0 Å². The van der Waals surface area contributed by atoms with Crippen LogP contribution in [-0.2, 0) is 20.2 Å². The van der Waals surface area contributed by atoms with Crippen molar-refractivity contribution in [2.75, 3.05) is 23.0 Å². The van der Waals surface area contributed by atoms with E-state index in [0.29, 0.717) is 12.8 Å². The van der Waals surface area contributed by atoms with E-state index in [2.05, 4.69) is 0 Å². The first-order valence-corrected chi connectivity index (χ1v) is 12.1. The fourth-order valence-corrected chi connectivity index (χ4v) is 4.79. The van der Waals surface area contributed by atoms with Crippen molar-refractivity contribution in [3.05, 3.63) is 0 Å². The molecule has 0 aromatic heterocycles. The van der Waals surface area contributed by atoms with Gasteiger partial charge in [-0.15, -0.1) is 0 Å². The Morgan fingerprint density at radius 2 is 0.952 bits per heavy atom. The molecule has 2 N–H and O–H groups in total. The number of unbranched alkanes of at least 4 members (excludes halogenated alkanes) is 4. The number of hydrogen-bond donors (Lipinski definition) is 2. The van der Waals surface area contributed by atoms with E-state index < -0.39 is 20.2 Å².